The van der Waals surface area contributed by atoms with Crippen molar-refractivity contribution in [1.29, 1.82) is 0 Å². The van der Waals surface area contributed by atoms with Gasteiger partial charge in [0.1, 0.15) is 18.5 Å². The van der Waals surface area contributed by atoms with Crippen LogP contribution in [0.3, 0.4) is 0 Å². The molecule has 0 aliphatic heterocycles. The highest BCUT2D eigenvalue weighted by Gasteiger charge is 2.70. The van der Waals surface area contributed by atoms with Crippen LogP contribution in [0.2, 0.25) is 0 Å². The second-order valence-corrected chi connectivity index (χ2v) is 16.9. The Morgan fingerprint density at radius 3 is 2.35 bits per heavy atom. The topological polar surface area (TPSA) is 82.8 Å². The molecule has 9 atom stereocenters. The minimum absolute atomic E-state index is 0.0670. The van der Waals surface area contributed by atoms with Crippen molar-refractivity contribution in [3.05, 3.63) is 35.8 Å². The molecular weight excluding hydrogens is 540 g/mol. The molecule has 236 valence electrons. The summed E-state index contributed by atoms with van der Waals surface area (Å²) in [6, 6.07) is 3.63. The molecule has 0 N–H and O–H groups in total. The summed E-state index contributed by atoms with van der Waals surface area (Å²) in [5, 5.41) is 0. The summed E-state index contributed by atoms with van der Waals surface area (Å²) in [4.78, 5) is 40.1. The Labute approximate surface area is 257 Å². The molecule has 6 nitrogen and oxygen atoms in total. The zero-order valence-corrected chi connectivity index (χ0v) is 27.6. The van der Waals surface area contributed by atoms with Crippen LogP contribution in [0.4, 0.5) is 0 Å². The zero-order valence-electron chi connectivity index (χ0n) is 27.6. The van der Waals surface area contributed by atoms with Crippen molar-refractivity contribution in [2.75, 3.05) is 0 Å². The Morgan fingerprint density at radius 2 is 1.67 bits per heavy atom. The summed E-state index contributed by atoms with van der Waals surface area (Å²) in [6.07, 6.45) is 11.9. The first kappa shape index (κ1) is 30.6. The first-order valence-corrected chi connectivity index (χ1v) is 16.6. The second-order valence-electron chi connectivity index (χ2n) is 16.9. The molecule has 6 heteroatoms. The van der Waals surface area contributed by atoms with Gasteiger partial charge in [0, 0.05) is 18.3 Å². The van der Waals surface area contributed by atoms with Crippen molar-refractivity contribution >= 4 is 17.7 Å². The lowest BCUT2D eigenvalue weighted by Crippen LogP contribution is -2.66. The normalized spacial score (nSPS) is 45.0. The van der Waals surface area contributed by atoms with Crippen molar-refractivity contribution in [2.24, 2.45) is 50.2 Å². The summed E-state index contributed by atoms with van der Waals surface area (Å²) in [7, 11) is 0. The largest absolute Gasteiger partial charge is 0.466 e. The second kappa shape index (κ2) is 9.81. The fourth-order valence-corrected chi connectivity index (χ4v) is 11.5. The number of ether oxygens (including phenoxy) is 2. The van der Waals surface area contributed by atoms with Gasteiger partial charge < -0.3 is 13.9 Å². The average Bonchev–Trinajstić information content (AvgIpc) is 3.45. The predicted molar refractivity (Wildman–Crippen MR) is 163 cm³/mol. The van der Waals surface area contributed by atoms with Gasteiger partial charge in [-0.15, -0.1) is 0 Å². The summed E-state index contributed by atoms with van der Waals surface area (Å²) in [6.45, 7) is 17.8. The molecule has 0 amide bonds. The van der Waals surface area contributed by atoms with Gasteiger partial charge in [0.05, 0.1) is 11.7 Å². The minimum atomic E-state index is -0.598. The Morgan fingerprint density at radius 1 is 0.953 bits per heavy atom. The van der Waals surface area contributed by atoms with E-state index >= 15 is 0 Å². The van der Waals surface area contributed by atoms with Gasteiger partial charge in [-0.05, 0) is 116 Å². The molecule has 5 aliphatic rings. The summed E-state index contributed by atoms with van der Waals surface area (Å²) in [5.74, 6) is 0.953. The van der Waals surface area contributed by atoms with E-state index in [2.05, 4.69) is 54.5 Å². The number of carbonyl (C=O) groups excluding carboxylic acids is 3. The number of esters is 2. The van der Waals surface area contributed by atoms with E-state index in [9.17, 15) is 14.4 Å². The van der Waals surface area contributed by atoms with Crippen LogP contribution in [0, 0.1) is 50.2 Å². The van der Waals surface area contributed by atoms with Gasteiger partial charge in [0.2, 0.25) is 0 Å². The van der Waals surface area contributed by atoms with E-state index in [1.807, 2.05) is 6.07 Å². The number of hydrogen-bond donors (Lipinski definition) is 0. The molecule has 0 bridgehead atoms. The van der Waals surface area contributed by atoms with Crippen LogP contribution in [0.25, 0.3) is 0 Å². The van der Waals surface area contributed by atoms with Crippen LogP contribution in [0.1, 0.15) is 119 Å². The maximum atomic E-state index is 14.6. The molecule has 0 spiro atoms. The highest BCUT2D eigenvalue weighted by atomic mass is 16.5. The predicted octanol–water partition coefficient (Wildman–Crippen LogP) is 8.24. The van der Waals surface area contributed by atoms with E-state index in [1.54, 1.807) is 12.3 Å². The van der Waals surface area contributed by atoms with E-state index < -0.39 is 5.41 Å². The Kier molecular flexibility index (Phi) is 6.99. The van der Waals surface area contributed by atoms with E-state index in [0.29, 0.717) is 18.1 Å². The maximum absolute atomic E-state index is 14.6. The smallest absolute Gasteiger partial charge is 0.312 e. The third-order valence-electron chi connectivity index (χ3n) is 14.2. The molecule has 5 aliphatic carbocycles. The molecule has 1 aromatic rings. The van der Waals surface area contributed by atoms with Gasteiger partial charge in [0.25, 0.3) is 0 Å². The summed E-state index contributed by atoms with van der Waals surface area (Å²) >= 11 is 0. The highest BCUT2D eigenvalue weighted by molar-refractivity contribution is 5.95. The van der Waals surface area contributed by atoms with E-state index in [4.69, 9.17) is 13.9 Å². The van der Waals surface area contributed by atoms with Gasteiger partial charge in [0.15, 0.2) is 5.78 Å². The van der Waals surface area contributed by atoms with Crippen LogP contribution in [0.5, 0.6) is 0 Å². The Bertz CT molecular complexity index is 1340. The number of carbonyl (C=O) groups is 3. The molecule has 4 saturated carbocycles. The van der Waals surface area contributed by atoms with Crippen LogP contribution < -0.4 is 0 Å². The summed E-state index contributed by atoms with van der Waals surface area (Å²) < 4.78 is 17.1. The molecule has 4 fully saturated rings. The van der Waals surface area contributed by atoms with Gasteiger partial charge in [-0.2, -0.15) is 0 Å². The monoisotopic (exact) mass is 592 g/mol. The number of furan rings is 1. The Hall–Kier alpha value is -2.37. The molecule has 0 aromatic carbocycles. The fourth-order valence-electron chi connectivity index (χ4n) is 11.5. The quantitative estimate of drug-likeness (QED) is 0.328. The lowest BCUT2D eigenvalue weighted by Gasteiger charge is -2.70. The van der Waals surface area contributed by atoms with Crippen molar-refractivity contribution < 1.29 is 28.3 Å². The zero-order chi connectivity index (χ0) is 31.2. The van der Waals surface area contributed by atoms with Crippen LogP contribution in [-0.2, 0) is 30.5 Å². The van der Waals surface area contributed by atoms with Crippen LogP contribution in [-0.4, -0.2) is 23.8 Å². The highest BCUT2D eigenvalue weighted by Crippen LogP contribution is 2.75. The Balaban J connectivity index is 1.33. The number of ketones is 1. The minimum Gasteiger partial charge on any atom is -0.466 e. The van der Waals surface area contributed by atoms with E-state index in [-0.39, 0.29) is 69.3 Å². The maximum Gasteiger partial charge on any atom is 0.312 e. The molecule has 6 rings (SSSR count). The van der Waals surface area contributed by atoms with Crippen LogP contribution >= 0.6 is 0 Å². The van der Waals surface area contributed by atoms with Gasteiger partial charge in [-0.25, -0.2) is 0 Å². The first-order valence-electron chi connectivity index (χ1n) is 16.6. The van der Waals surface area contributed by atoms with Crippen molar-refractivity contribution in [1.82, 2.24) is 0 Å². The molecule has 0 saturated heterocycles. The standard InChI is InChI=1S/C37H52O6/c1-23(38)43-29-12-13-35(6)28(32(29,2)3)11-14-37(8)30(35)27(39)20-25-26-21-34(5,31(40)42-22-24-10-9-19-41-24)16-15-33(26,4)17-18-36(25,37)7/h9-10,19-20,26,28-30H,11-18,21-22H2,1-8H3. The van der Waals surface area contributed by atoms with E-state index in [1.165, 1.54) is 12.5 Å². The van der Waals surface area contributed by atoms with Gasteiger partial charge >= 0.3 is 11.9 Å². The molecule has 1 heterocycles. The van der Waals surface area contributed by atoms with Crippen molar-refractivity contribution in [2.45, 2.75) is 126 Å². The van der Waals surface area contributed by atoms with Crippen LogP contribution in [0.15, 0.2) is 34.5 Å². The number of allylic oxidation sites excluding steroid dienone is 2. The first-order chi connectivity index (χ1) is 20.0. The van der Waals surface area contributed by atoms with Crippen molar-refractivity contribution in [3.8, 4) is 0 Å². The van der Waals surface area contributed by atoms with E-state index in [0.717, 1.165) is 51.4 Å². The fraction of sp³-hybridized carbons (Fsp3) is 0.757. The molecule has 0 radical (unpaired) electrons. The summed E-state index contributed by atoms with van der Waals surface area (Å²) in [5.41, 5.74) is 0.129. The third kappa shape index (κ3) is 4.35. The number of hydrogen-bond acceptors (Lipinski definition) is 6. The van der Waals surface area contributed by atoms with Gasteiger partial charge in [-0.3, -0.25) is 14.4 Å². The third-order valence-corrected chi connectivity index (χ3v) is 14.2. The molecular formula is C37H52O6. The average molecular weight is 593 g/mol. The lowest BCUT2D eigenvalue weighted by molar-refractivity contribution is -0.210. The van der Waals surface area contributed by atoms with Crippen molar-refractivity contribution in [3.63, 3.8) is 0 Å². The lowest BCUT2D eigenvalue weighted by atomic mass is 9.33. The molecule has 9 unspecified atom stereocenters. The number of rotatable bonds is 4. The SMILES string of the molecule is CC(=O)OC1CCC2(C)C(CCC3(C)C2C(=O)C=C2C4CC(C)(C(=O)OCc5ccco5)CCC4(C)CCC23C)C1(C)C. The van der Waals surface area contributed by atoms with Gasteiger partial charge in [-0.1, -0.05) is 47.1 Å². The molecule has 43 heavy (non-hydrogen) atoms. The molecule has 1 aromatic heterocycles. The number of fused-ring (bicyclic) bond motifs is 7.